The Labute approximate surface area is 69.3 Å². The maximum atomic E-state index is 11.9. The van der Waals surface area contributed by atoms with E-state index in [0.29, 0.717) is 0 Å². The Morgan fingerprint density at radius 2 is 1.36 bits per heavy atom. The second-order valence-corrected chi connectivity index (χ2v) is 3.07. The van der Waals surface area contributed by atoms with Crippen molar-refractivity contribution >= 4 is 23.2 Å². The molecule has 0 aromatic carbocycles. The average molecular weight is 217 g/mol. The summed E-state index contributed by atoms with van der Waals surface area (Å²) in [5.41, 5.74) is 0. The first kappa shape index (κ1) is 11.2. The van der Waals surface area contributed by atoms with Gasteiger partial charge in [-0.3, -0.25) is 0 Å². The van der Waals surface area contributed by atoms with E-state index in [2.05, 4.69) is 0 Å². The molecule has 0 atom stereocenters. The van der Waals surface area contributed by atoms with E-state index in [9.17, 15) is 22.0 Å². The predicted molar refractivity (Wildman–Crippen MR) is 31.1 cm³/mol. The van der Waals surface area contributed by atoms with Crippen LogP contribution in [0.1, 0.15) is 6.42 Å². The van der Waals surface area contributed by atoms with Crippen LogP contribution in [-0.2, 0) is 0 Å². The van der Waals surface area contributed by atoms with E-state index < -0.39 is 23.4 Å². The summed E-state index contributed by atoms with van der Waals surface area (Å²) >= 11 is 9.51. The van der Waals surface area contributed by atoms with Gasteiger partial charge in [0.25, 0.3) is 0 Å². The second-order valence-electron chi connectivity index (χ2n) is 1.80. The highest BCUT2D eigenvalue weighted by molar-refractivity contribution is 6.44. The van der Waals surface area contributed by atoms with E-state index in [1.807, 2.05) is 0 Å². The average Bonchev–Trinajstić information content (AvgIpc) is 1.56. The van der Waals surface area contributed by atoms with Crippen molar-refractivity contribution < 1.29 is 22.0 Å². The number of halogens is 7. The molecule has 0 aliphatic heterocycles. The van der Waals surface area contributed by atoms with Crippen molar-refractivity contribution in [3.05, 3.63) is 0 Å². The molecule has 0 aromatic heterocycles. The van der Waals surface area contributed by atoms with Gasteiger partial charge in [-0.25, -0.2) is 0 Å². The molecule has 7 heteroatoms. The summed E-state index contributed by atoms with van der Waals surface area (Å²) < 4.78 is 57.8. The molecule has 68 valence electrons. The second kappa shape index (κ2) is 3.31. The number of rotatable bonds is 2. The van der Waals surface area contributed by atoms with Crippen molar-refractivity contribution in [3.63, 3.8) is 0 Å². The summed E-state index contributed by atoms with van der Waals surface area (Å²) in [7, 11) is 0. The van der Waals surface area contributed by atoms with Gasteiger partial charge in [0.15, 0.2) is 0 Å². The van der Waals surface area contributed by atoms with Crippen molar-refractivity contribution in [2.75, 3.05) is 0 Å². The fourth-order valence-electron chi connectivity index (χ4n) is 0.310. The maximum Gasteiger partial charge on any atom is 0.453 e. The van der Waals surface area contributed by atoms with Crippen LogP contribution in [0.5, 0.6) is 0 Å². The third kappa shape index (κ3) is 3.42. The lowest BCUT2D eigenvalue weighted by Crippen LogP contribution is -2.37. The van der Waals surface area contributed by atoms with Gasteiger partial charge in [0, 0.05) is 0 Å². The lowest BCUT2D eigenvalue weighted by molar-refractivity contribution is -0.283. The molecule has 0 fully saturated rings. The largest absolute Gasteiger partial charge is 0.453 e. The first-order valence-corrected chi connectivity index (χ1v) is 3.27. The first-order valence-electron chi connectivity index (χ1n) is 2.39. The molecule has 0 unspecified atom stereocenters. The molecule has 0 rings (SSSR count). The smallest absolute Gasteiger partial charge is 0.196 e. The minimum Gasteiger partial charge on any atom is -0.196 e. The minimum atomic E-state index is -5.57. The Bertz CT molecular complexity index is 129. The van der Waals surface area contributed by atoms with Crippen LogP contribution in [0, 0.1) is 0 Å². The fraction of sp³-hybridized carbons (Fsp3) is 1.00. The van der Waals surface area contributed by atoms with Gasteiger partial charge in [0.2, 0.25) is 0 Å². The molecule has 0 radical (unpaired) electrons. The van der Waals surface area contributed by atoms with Gasteiger partial charge in [-0.15, -0.1) is 23.2 Å². The molecule has 0 aliphatic rings. The molecule has 0 N–H and O–H groups in total. The summed E-state index contributed by atoms with van der Waals surface area (Å²) in [5, 5.41) is 0. The zero-order chi connectivity index (χ0) is 9.28. The molecule has 0 heterocycles. The van der Waals surface area contributed by atoms with Gasteiger partial charge in [0.05, 0.1) is 6.42 Å². The molecule has 0 saturated heterocycles. The van der Waals surface area contributed by atoms with Gasteiger partial charge in [-0.2, -0.15) is 22.0 Å². The Hall–Kier alpha value is 0.230. The Balaban J connectivity index is 4.22. The van der Waals surface area contributed by atoms with Crippen molar-refractivity contribution in [2.45, 2.75) is 23.4 Å². The van der Waals surface area contributed by atoms with Crippen molar-refractivity contribution in [3.8, 4) is 0 Å². The van der Waals surface area contributed by atoms with E-state index in [4.69, 9.17) is 23.2 Å². The Morgan fingerprint density at radius 1 is 1.00 bits per heavy atom. The van der Waals surface area contributed by atoms with Crippen molar-refractivity contribution in [1.82, 2.24) is 0 Å². The predicted octanol–water partition coefficient (Wildman–Crippen LogP) is 3.38. The van der Waals surface area contributed by atoms with Gasteiger partial charge < -0.3 is 0 Å². The summed E-state index contributed by atoms with van der Waals surface area (Å²) in [6.07, 6.45) is -7.19. The van der Waals surface area contributed by atoms with E-state index >= 15 is 0 Å². The fourth-order valence-corrected chi connectivity index (χ4v) is 0.697. The summed E-state index contributed by atoms with van der Waals surface area (Å²) in [5.74, 6) is -4.80. The molecule has 0 aliphatic carbocycles. The van der Waals surface area contributed by atoms with Crippen LogP contribution in [0.25, 0.3) is 0 Å². The van der Waals surface area contributed by atoms with Crippen molar-refractivity contribution in [1.29, 1.82) is 0 Å². The molecule has 0 amide bonds. The lowest BCUT2D eigenvalue weighted by atomic mass is 10.2. The van der Waals surface area contributed by atoms with E-state index in [1.54, 1.807) is 0 Å². The molecular formula is C4H3Cl2F5. The van der Waals surface area contributed by atoms with E-state index in [1.165, 1.54) is 0 Å². The summed E-state index contributed by atoms with van der Waals surface area (Å²) in [6, 6.07) is 0. The van der Waals surface area contributed by atoms with Gasteiger partial charge in [-0.1, -0.05) is 0 Å². The zero-order valence-electron chi connectivity index (χ0n) is 4.93. The summed E-state index contributed by atoms with van der Waals surface area (Å²) in [4.78, 5) is -1.72. The third-order valence-electron chi connectivity index (χ3n) is 0.825. The monoisotopic (exact) mass is 216 g/mol. The molecule has 0 nitrogen and oxygen atoms in total. The number of hydrogen-bond donors (Lipinski definition) is 0. The van der Waals surface area contributed by atoms with E-state index in [0.717, 1.165) is 0 Å². The quantitative estimate of drug-likeness (QED) is 0.491. The molecule has 0 saturated carbocycles. The Morgan fingerprint density at radius 3 is 1.45 bits per heavy atom. The van der Waals surface area contributed by atoms with Gasteiger partial charge in [-0.05, 0) is 0 Å². The Kier molecular flexibility index (Phi) is 3.38. The highest BCUT2D eigenvalue weighted by Crippen LogP contribution is 2.40. The van der Waals surface area contributed by atoms with Crippen LogP contribution in [0.3, 0.4) is 0 Å². The van der Waals surface area contributed by atoms with Gasteiger partial charge >= 0.3 is 12.1 Å². The van der Waals surface area contributed by atoms with Crippen LogP contribution < -0.4 is 0 Å². The van der Waals surface area contributed by atoms with Crippen LogP contribution >= 0.6 is 23.2 Å². The minimum absolute atomic E-state index is 1.61. The van der Waals surface area contributed by atoms with Crippen LogP contribution in [0.2, 0.25) is 0 Å². The maximum absolute atomic E-state index is 11.9. The normalized spacial score (nSPS) is 14.2. The topological polar surface area (TPSA) is 0 Å². The highest BCUT2D eigenvalue weighted by Gasteiger charge is 2.57. The van der Waals surface area contributed by atoms with Gasteiger partial charge in [0.1, 0.15) is 4.84 Å². The van der Waals surface area contributed by atoms with Crippen LogP contribution in [-0.4, -0.2) is 16.9 Å². The standard InChI is InChI=1S/C4H3Cl2F5/c5-2(6)1-3(7,8)4(9,10)11/h2H,1H2. The molecule has 0 spiro atoms. The molecule has 0 bridgehead atoms. The lowest BCUT2D eigenvalue weighted by Gasteiger charge is -2.19. The zero-order valence-corrected chi connectivity index (χ0v) is 6.44. The van der Waals surface area contributed by atoms with Crippen LogP contribution in [0.15, 0.2) is 0 Å². The third-order valence-corrected chi connectivity index (χ3v) is 1.13. The molecular weight excluding hydrogens is 214 g/mol. The number of alkyl halides is 7. The molecule has 11 heavy (non-hydrogen) atoms. The van der Waals surface area contributed by atoms with E-state index in [-0.39, 0.29) is 0 Å². The molecule has 0 aromatic rings. The summed E-state index contributed by atoms with van der Waals surface area (Å²) in [6.45, 7) is 0. The van der Waals surface area contributed by atoms with Crippen molar-refractivity contribution in [2.24, 2.45) is 0 Å². The highest BCUT2D eigenvalue weighted by atomic mass is 35.5. The van der Waals surface area contributed by atoms with Crippen LogP contribution in [0.4, 0.5) is 22.0 Å². The first-order chi connectivity index (χ1) is 4.67. The number of hydrogen-bond acceptors (Lipinski definition) is 0. The SMILES string of the molecule is FC(F)(F)C(F)(F)CC(Cl)Cl.